The van der Waals surface area contributed by atoms with Gasteiger partial charge in [-0.25, -0.2) is 4.39 Å². The first-order valence-electron chi connectivity index (χ1n) is 8.06. The quantitative estimate of drug-likeness (QED) is 0.796. The van der Waals surface area contributed by atoms with Crippen molar-refractivity contribution in [1.29, 1.82) is 0 Å². The fourth-order valence-corrected chi connectivity index (χ4v) is 3.04. The zero-order valence-electron chi connectivity index (χ0n) is 13.9. The fourth-order valence-electron chi connectivity index (χ4n) is 3.04. The largest absolute Gasteiger partial charge is 0.368 e. The van der Waals surface area contributed by atoms with Crippen LogP contribution in [0.25, 0.3) is 0 Å². The van der Waals surface area contributed by atoms with Gasteiger partial charge in [-0.1, -0.05) is 51.1 Å². The highest BCUT2D eigenvalue weighted by Gasteiger charge is 2.45. The minimum atomic E-state index is -0.967. The van der Waals surface area contributed by atoms with Crippen LogP contribution >= 0.6 is 0 Å². The maximum Gasteiger partial charge on any atom is 0.184 e. The van der Waals surface area contributed by atoms with Gasteiger partial charge in [-0.15, -0.1) is 0 Å². The first-order valence-corrected chi connectivity index (χ1v) is 8.06. The molecule has 22 heavy (non-hydrogen) atoms. The van der Waals surface area contributed by atoms with Crippen molar-refractivity contribution in [2.45, 2.75) is 58.5 Å². The van der Waals surface area contributed by atoms with Crippen LogP contribution in [0.2, 0.25) is 0 Å². The molecular formula is C18H27FO3. The number of ether oxygens (including phenoxy) is 3. The molecule has 3 nitrogen and oxygen atoms in total. The Morgan fingerprint density at radius 1 is 1.18 bits per heavy atom. The molecule has 6 atom stereocenters. The van der Waals surface area contributed by atoms with Crippen LogP contribution in [-0.2, 0) is 20.8 Å². The second kappa shape index (κ2) is 8.04. The average Bonchev–Trinajstić information content (AvgIpc) is 2.56. The zero-order valence-corrected chi connectivity index (χ0v) is 13.9. The minimum Gasteiger partial charge on any atom is -0.368 e. The highest BCUT2D eigenvalue weighted by Crippen LogP contribution is 2.36. The van der Waals surface area contributed by atoms with Gasteiger partial charge in [-0.3, -0.25) is 0 Å². The van der Waals surface area contributed by atoms with E-state index in [9.17, 15) is 4.39 Å². The Balaban J connectivity index is 2.04. The molecule has 0 aliphatic carbocycles. The Kier molecular flexibility index (Phi) is 6.36. The maximum absolute atomic E-state index is 14.1. The summed E-state index contributed by atoms with van der Waals surface area (Å²) < 4.78 is 31.4. The highest BCUT2D eigenvalue weighted by atomic mass is 19.1. The number of hydrogen-bond acceptors (Lipinski definition) is 3. The van der Waals surface area contributed by atoms with E-state index in [0.29, 0.717) is 13.0 Å². The van der Waals surface area contributed by atoms with Crippen molar-refractivity contribution < 1.29 is 18.6 Å². The van der Waals surface area contributed by atoms with Gasteiger partial charge in [0.05, 0.1) is 12.7 Å². The third kappa shape index (κ3) is 3.86. The van der Waals surface area contributed by atoms with Gasteiger partial charge < -0.3 is 14.2 Å². The Morgan fingerprint density at radius 2 is 1.86 bits per heavy atom. The van der Waals surface area contributed by atoms with Gasteiger partial charge in [0.2, 0.25) is 0 Å². The topological polar surface area (TPSA) is 27.7 Å². The van der Waals surface area contributed by atoms with E-state index in [1.807, 2.05) is 44.2 Å². The molecule has 4 heteroatoms. The monoisotopic (exact) mass is 310 g/mol. The molecule has 0 radical (unpaired) electrons. The molecule has 1 saturated heterocycles. The van der Waals surface area contributed by atoms with E-state index in [-0.39, 0.29) is 17.9 Å². The molecule has 0 N–H and O–H groups in total. The lowest BCUT2D eigenvalue weighted by Gasteiger charge is -2.44. The molecule has 1 aromatic rings. The van der Waals surface area contributed by atoms with E-state index >= 15 is 0 Å². The van der Waals surface area contributed by atoms with Crippen LogP contribution in [0.4, 0.5) is 4.39 Å². The Morgan fingerprint density at radius 3 is 2.45 bits per heavy atom. The zero-order chi connectivity index (χ0) is 16.1. The maximum atomic E-state index is 14.1. The van der Waals surface area contributed by atoms with E-state index in [0.717, 1.165) is 5.56 Å². The van der Waals surface area contributed by atoms with Crippen molar-refractivity contribution in [1.82, 2.24) is 0 Å². The SMILES string of the molecule is CC[C@H](F)C1O[C@H](OC)C(OCc2ccccc2)[C@@H](C)[C@@H]1C. The van der Waals surface area contributed by atoms with Crippen LogP contribution in [0.5, 0.6) is 0 Å². The third-order valence-electron chi connectivity index (χ3n) is 4.69. The number of benzene rings is 1. The predicted molar refractivity (Wildman–Crippen MR) is 84.2 cm³/mol. The first kappa shape index (κ1) is 17.4. The molecule has 0 saturated carbocycles. The normalized spacial score (nSPS) is 33.6. The van der Waals surface area contributed by atoms with E-state index in [2.05, 4.69) is 6.92 Å². The van der Waals surface area contributed by atoms with Gasteiger partial charge in [0.1, 0.15) is 12.3 Å². The second-order valence-corrected chi connectivity index (χ2v) is 6.11. The number of alkyl halides is 1. The van der Waals surface area contributed by atoms with Crippen LogP contribution in [0.3, 0.4) is 0 Å². The van der Waals surface area contributed by atoms with Crippen LogP contribution in [0, 0.1) is 11.8 Å². The first-order chi connectivity index (χ1) is 10.6. The number of methoxy groups -OCH3 is 1. The molecule has 1 aromatic carbocycles. The van der Waals surface area contributed by atoms with Crippen molar-refractivity contribution in [2.24, 2.45) is 11.8 Å². The summed E-state index contributed by atoms with van der Waals surface area (Å²) >= 11 is 0. The van der Waals surface area contributed by atoms with Crippen LogP contribution in [0.1, 0.15) is 32.8 Å². The molecule has 1 aliphatic rings. The molecule has 1 aliphatic heterocycles. The van der Waals surface area contributed by atoms with Crippen molar-refractivity contribution >= 4 is 0 Å². The molecular weight excluding hydrogens is 283 g/mol. The van der Waals surface area contributed by atoms with Gasteiger partial charge in [-0.05, 0) is 23.8 Å². The van der Waals surface area contributed by atoms with E-state index in [1.54, 1.807) is 7.11 Å². The molecule has 0 aromatic heterocycles. The average molecular weight is 310 g/mol. The summed E-state index contributed by atoms with van der Waals surface area (Å²) in [7, 11) is 1.59. The van der Waals surface area contributed by atoms with Crippen LogP contribution in [0.15, 0.2) is 30.3 Å². The summed E-state index contributed by atoms with van der Waals surface area (Å²) in [5, 5.41) is 0. The Hall–Kier alpha value is -0.970. The lowest BCUT2D eigenvalue weighted by atomic mass is 9.81. The molecule has 2 unspecified atom stereocenters. The summed E-state index contributed by atoms with van der Waals surface area (Å²) in [6.07, 6.45) is -1.66. The summed E-state index contributed by atoms with van der Waals surface area (Å²) in [4.78, 5) is 0. The van der Waals surface area contributed by atoms with E-state index in [1.165, 1.54) is 0 Å². The van der Waals surface area contributed by atoms with Crippen LogP contribution in [-0.4, -0.2) is 31.8 Å². The second-order valence-electron chi connectivity index (χ2n) is 6.11. The minimum absolute atomic E-state index is 0.0853. The van der Waals surface area contributed by atoms with Crippen molar-refractivity contribution in [3.05, 3.63) is 35.9 Å². The molecule has 2 rings (SSSR count). The molecule has 1 heterocycles. The number of rotatable bonds is 6. The van der Waals surface area contributed by atoms with Crippen molar-refractivity contribution in [3.8, 4) is 0 Å². The molecule has 0 amide bonds. The standard InChI is InChI=1S/C18H27FO3/c1-5-15(19)16-12(2)13(3)17(18(20-4)22-16)21-11-14-9-7-6-8-10-14/h6-10,12-13,15-18H,5,11H2,1-4H3/t12-,13-,15-,16?,17?,18-/m0/s1. The summed E-state index contributed by atoms with van der Waals surface area (Å²) in [6.45, 7) is 6.46. The van der Waals surface area contributed by atoms with E-state index in [4.69, 9.17) is 14.2 Å². The molecule has 124 valence electrons. The molecule has 0 spiro atoms. The Labute approximate surface area is 132 Å². The summed E-state index contributed by atoms with van der Waals surface area (Å²) in [5.41, 5.74) is 1.11. The summed E-state index contributed by atoms with van der Waals surface area (Å²) in [6, 6.07) is 10.0. The van der Waals surface area contributed by atoms with Crippen molar-refractivity contribution in [3.63, 3.8) is 0 Å². The van der Waals surface area contributed by atoms with Gasteiger partial charge in [0.25, 0.3) is 0 Å². The fraction of sp³-hybridized carbons (Fsp3) is 0.667. The van der Waals surface area contributed by atoms with Gasteiger partial charge in [0.15, 0.2) is 6.29 Å². The van der Waals surface area contributed by atoms with E-state index < -0.39 is 18.6 Å². The highest BCUT2D eigenvalue weighted by molar-refractivity contribution is 5.13. The predicted octanol–water partition coefficient (Wildman–Crippen LogP) is 3.96. The molecule has 0 bridgehead atoms. The number of halogens is 1. The van der Waals surface area contributed by atoms with Gasteiger partial charge in [0, 0.05) is 7.11 Å². The van der Waals surface area contributed by atoms with Crippen molar-refractivity contribution in [2.75, 3.05) is 7.11 Å². The lowest BCUT2D eigenvalue weighted by Crippen LogP contribution is -2.53. The molecule has 1 fully saturated rings. The lowest BCUT2D eigenvalue weighted by molar-refractivity contribution is -0.284. The smallest absolute Gasteiger partial charge is 0.184 e. The summed E-state index contributed by atoms with van der Waals surface area (Å²) in [5.74, 6) is 0.249. The van der Waals surface area contributed by atoms with Gasteiger partial charge >= 0.3 is 0 Å². The third-order valence-corrected chi connectivity index (χ3v) is 4.69. The van der Waals surface area contributed by atoms with Gasteiger partial charge in [-0.2, -0.15) is 0 Å². The number of hydrogen-bond donors (Lipinski definition) is 0. The Bertz CT molecular complexity index is 437. The van der Waals surface area contributed by atoms with Crippen LogP contribution < -0.4 is 0 Å².